The van der Waals surface area contributed by atoms with Gasteiger partial charge >= 0.3 is 0 Å². The second-order valence-electron chi connectivity index (χ2n) is 9.86. The Hall–Kier alpha value is -2.97. The molecule has 1 saturated carbocycles. The lowest BCUT2D eigenvalue weighted by molar-refractivity contribution is 0.0931. The lowest BCUT2D eigenvalue weighted by Gasteiger charge is -2.28. The van der Waals surface area contributed by atoms with Crippen LogP contribution in [0.4, 0.5) is 0 Å². The molecule has 1 fully saturated rings. The number of rotatable bonds is 5. The minimum Gasteiger partial charge on any atom is -0.349 e. The van der Waals surface area contributed by atoms with Gasteiger partial charge in [0.05, 0.1) is 10.4 Å². The summed E-state index contributed by atoms with van der Waals surface area (Å²) >= 11 is 0. The quantitative estimate of drug-likeness (QED) is 0.524. The number of nitrogens with zero attached hydrogens (tertiary/aromatic N) is 2. The van der Waals surface area contributed by atoms with Crippen molar-refractivity contribution in [2.24, 2.45) is 0 Å². The molecule has 1 N–H and O–H groups in total. The number of nitrogens with one attached hydrogen (secondary N) is 1. The Balaban J connectivity index is 1.50. The van der Waals surface area contributed by atoms with Gasteiger partial charge in [0.1, 0.15) is 5.56 Å². The van der Waals surface area contributed by atoms with Gasteiger partial charge in [-0.25, -0.2) is 8.42 Å². The highest BCUT2D eigenvalue weighted by molar-refractivity contribution is 7.89. The van der Waals surface area contributed by atoms with Crippen LogP contribution in [0.2, 0.25) is 0 Å². The smallest absolute Gasteiger partial charge is 0.256 e. The van der Waals surface area contributed by atoms with E-state index in [1.807, 2.05) is 35.8 Å². The molecule has 190 valence electrons. The Morgan fingerprint density at radius 3 is 2.47 bits per heavy atom. The Morgan fingerprint density at radius 1 is 1.03 bits per heavy atom. The molecule has 8 heteroatoms. The number of fused-ring (bicyclic) bond motifs is 2. The third-order valence-electron chi connectivity index (χ3n) is 7.56. The second-order valence-corrected chi connectivity index (χ2v) is 11.8. The number of hydrogen-bond acceptors (Lipinski definition) is 4. The van der Waals surface area contributed by atoms with Gasteiger partial charge in [0.2, 0.25) is 15.5 Å². The molecule has 0 bridgehead atoms. The van der Waals surface area contributed by atoms with Gasteiger partial charge in [-0.05, 0) is 55.5 Å². The van der Waals surface area contributed by atoms with Gasteiger partial charge in [-0.2, -0.15) is 4.31 Å². The number of aryl methyl sites for hydroxylation is 1. The molecule has 7 nitrogen and oxygen atoms in total. The number of carbonyl (C=O) groups excluding carboxylic acids is 1. The van der Waals surface area contributed by atoms with Crippen molar-refractivity contribution in [2.75, 3.05) is 6.54 Å². The molecule has 0 saturated heterocycles. The summed E-state index contributed by atoms with van der Waals surface area (Å²) in [5.74, 6) is -0.378. The number of carbonyl (C=O) groups is 1. The van der Waals surface area contributed by atoms with E-state index in [9.17, 15) is 18.0 Å². The van der Waals surface area contributed by atoms with Gasteiger partial charge in [-0.15, -0.1) is 0 Å². The maximum atomic E-state index is 13.6. The normalized spacial score (nSPS) is 17.5. The molecule has 36 heavy (non-hydrogen) atoms. The predicted octanol–water partition coefficient (Wildman–Crippen LogP) is 4.22. The number of pyridine rings is 1. The number of hydrogen-bond donors (Lipinski definition) is 1. The van der Waals surface area contributed by atoms with Crippen LogP contribution in [0.25, 0.3) is 10.9 Å². The van der Waals surface area contributed by atoms with Crippen LogP contribution >= 0.6 is 0 Å². The number of aromatic nitrogens is 1. The van der Waals surface area contributed by atoms with Crippen molar-refractivity contribution in [3.05, 3.63) is 75.6 Å². The van der Waals surface area contributed by atoms with E-state index in [1.165, 1.54) is 23.2 Å². The third kappa shape index (κ3) is 4.72. The van der Waals surface area contributed by atoms with Crippen LogP contribution in [0.5, 0.6) is 0 Å². The summed E-state index contributed by atoms with van der Waals surface area (Å²) in [5.41, 5.74) is 2.42. The Labute approximate surface area is 212 Å². The number of amides is 1. The first kappa shape index (κ1) is 24.7. The summed E-state index contributed by atoms with van der Waals surface area (Å²) in [6.07, 6.45) is 8.58. The summed E-state index contributed by atoms with van der Waals surface area (Å²) in [7, 11) is -3.81. The first-order valence-electron chi connectivity index (χ1n) is 12.9. The van der Waals surface area contributed by atoms with E-state index in [-0.39, 0.29) is 27.8 Å². The van der Waals surface area contributed by atoms with Crippen LogP contribution in [0, 0.1) is 0 Å². The first-order chi connectivity index (χ1) is 17.4. The van der Waals surface area contributed by atoms with Crippen molar-refractivity contribution < 1.29 is 13.2 Å². The third-order valence-corrected chi connectivity index (χ3v) is 9.40. The van der Waals surface area contributed by atoms with Crippen molar-refractivity contribution in [3.63, 3.8) is 0 Å². The minimum absolute atomic E-state index is 0.0649. The lowest BCUT2D eigenvalue weighted by Crippen LogP contribution is -2.37. The highest BCUT2D eigenvalue weighted by Gasteiger charge is 2.29. The molecule has 0 atom stereocenters. The van der Waals surface area contributed by atoms with Crippen LogP contribution in [-0.4, -0.2) is 35.8 Å². The molecular formula is C28H33N3O4S. The standard InChI is InChI=1S/C28H33N3O4S/c1-2-30-19-25(28(33)29-22-11-5-3-4-6-12-22)27(32)24-17-23(13-14-26(24)30)36(34,35)31-16-15-20-9-7-8-10-21(20)18-31/h7-10,13-14,17,19,22H,2-6,11-12,15-16,18H2,1H3,(H,29,33). The molecule has 0 radical (unpaired) electrons. The Morgan fingerprint density at radius 2 is 1.75 bits per heavy atom. The Kier molecular flexibility index (Phi) is 6.99. The van der Waals surface area contributed by atoms with E-state index in [1.54, 1.807) is 18.3 Å². The topological polar surface area (TPSA) is 88.5 Å². The van der Waals surface area contributed by atoms with Crippen LogP contribution < -0.4 is 10.7 Å². The summed E-state index contributed by atoms with van der Waals surface area (Å²) in [6.45, 7) is 3.18. The molecule has 2 heterocycles. The fourth-order valence-corrected chi connectivity index (χ4v) is 6.92. The number of sulfonamides is 1. The monoisotopic (exact) mass is 507 g/mol. The van der Waals surface area contributed by atoms with Crippen molar-refractivity contribution in [1.82, 2.24) is 14.2 Å². The fraction of sp³-hybridized carbons (Fsp3) is 0.429. The van der Waals surface area contributed by atoms with Crippen LogP contribution in [0.1, 0.15) is 66.9 Å². The Bertz CT molecular complexity index is 1450. The molecule has 1 amide bonds. The highest BCUT2D eigenvalue weighted by Crippen LogP contribution is 2.27. The summed E-state index contributed by atoms with van der Waals surface area (Å²) < 4.78 is 30.4. The van der Waals surface area contributed by atoms with Gasteiger partial charge in [0.25, 0.3) is 5.91 Å². The first-order valence-corrected chi connectivity index (χ1v) is 14.4. The lowest BCUT2D eigenvalue weighted by atomic mass is 10.0. The van der Waals surface area contributed by atoms with E-state index in [0.29, 0.717) is 31.6 Å². The van der Waals surface area contributed by atoms with E-state index >= 15 is 0 Å². The van der Waals surface area contributed by atoms with Crippen LogP contribution in [0.3, 0.4) is 0 Å². The summed E-state index contributed by atoms with van der Waals surface area (Å²) in [5, 5.41) is 3.31. The van der Waals surface area contributed by atoms with Gasteiger partial charge in [-0.3, -0.25) is 9.59 Å². The molecule has 2 aliphatic rings. The second kappa shape index (κ2) is 10.2. The molecule has 0 unspecified atom stereocenters. The fourth-order valence-electron chi connectivity index (χ4n) is 5.47. The largest absolute Gasteiger partial charge is 0.349 e. The average Bonchev–Trinajstić information content (AvgIpc) is 3.17. The van der Waals surface area contributed by atoms with Crippen molar-refractivity contribution in [3.8, 4) is 0 Å². The zero-order valence-corrected chi connectivity index (χ0v) is 21.5. The molecule has 0 spiro atoms. The van der Waals surface area contributed by atoms with E-state index in [0.717, 1.165) is 36.8 Å². The van der Waals surface area contributed by atoms with Crippen LogP contribution in [-0.2, 0) is 29.5 Å². The maximum absolute atomic E-state index is 13.6. The zero-order chi connectivity index (χ0) is 25.3. The average molecular weight is 508 g/mol. The summed E-state index contributed by atoms with van der Waals surface area (Å²) in [6, 6.07) is 12.6. The van der Waals surface area contributed by atoms with Gasteiger partial charge in [0, 0.05) is 37.3 Å². The SMILES string of the molecule is CCn1cc(C(=O)NC2CCCCCC2)c(=O)c2cc(S(=O)(=O)N3CCc4ccccc4C3)ccc21. The van der Waals surface area contributed by atoms with Gasteiger partial charge in [0.15, 0.2) is 0 Å². The minimum atomic E-state index is -3.81. The molecular weight excluding hydrogens is 474 g/mol. The van der Waals surface area contributed by atoms with Crippen molar-refractivity contribution >= 4 is 26.8 Å². The molecule has 2 aromatic carbocycles. The van der Waals surface area contributed by atoms with E-state index < -0.39 is 15.5 Å². The molecule has 1 aliphatic heterocycles. The van der Waals surface area contributed by atoms with Crippen LogP contribution in [0.15, 0.2) is 58.4 Å². The predicted molar refractivity (Wildman–Crippen MR) is 141 cm³/mol. The van der Waals surface area contributed by atoms with Crippen molar-refractivity contribution in [1.29, 1.82) is 0 Å². The zero-order valence-electron chi connectivity index (χ0n) is 20.7. The molecule has 1 aliphatic carbocycles. The van der Waals surface area contributed by atoms with Gasteiger partial charge in [-0.1, -0.05) is 49.9 Å². The van der Waals surface area contributed by atoms with E-state index in [2.05, 4.69) is 5.32 Å². The summed E-state index contributed by atoms with van der Waals surface area (Å²) in [4.78, 5) is 26.7. The molecule has 3 aromatic rings. The van der Waals surface area contributed by atoms with Crippen molar-refractivity contribution in [2.45, 2.75) is 75.9 Å². The van der Waals surface area contributed by atoms with Gasteiger partial charge < -0.3 is 9.88 Å². The molecule has 5 rings (SSSR count). The molecule has 1 aromatic heterocycles. The number of benzene rings is 2. The van der Waals surface area contributed by atoms with E-state index in [4.69, 9.17) is 0 Å². The maximum Gasteiger partial charge on any atom is 0.256 e. The highest BCUT2D eigenvalue weighted by atomic mass is 32.2.